The van der Waals surface area contributed by atoms with Gasteiger partial charge in [0, 0.05) is 25.7 Å². The Morgan fingerprint density at radius 2 is 2.23 bits per heavy atom. The molecule has 13 heavy (non-hydrogen) atoms. The van der Waals surface area contributed by atoms with Gasteiger partial charge in [-0.2, -0.15) is 0 Å². The van der Waals surface area contributed by atoms with E-state index in [4.69, 9.17) is 4.74 Å². The minimum absolute atomic E-state index is 0.163. The van der Waals surface area contributed by atoms with Crippen LogP contribution in [0.3, 0.4) is 0 Å². The van der Waals surface area contributed by atoms with Crippen LogP contribution in [0.4, 0.5) is 4.79 Å². The molecule has 0 atom stereocenters. The summed E-state index contributed by atoms with van der Waals surface area (Å²) in [6.07, 6.45) is 2.38. The van der Waals surface area contributed by atoms with Crippen molar-refractivity contribution in [3.63, 3.8) is 0 Å². The van der Waals surface area contributed by atoms with Gasteiger partial charge in [0.15, 0.2) is 0 Å². The fourth-order valence-corrected chi connectivity index (χ4v) is 1.65. The van der Waals surface area contributed by atoms with Crippen molar-refractivity contribution in [3.8, 4) is 0 Å². The van der Waals surface area contributed by atoms with Gasteiger partial charge in [-0.1, -0.05) is 0 Å². The second kappa shape index (κ2) is 3.54. The van der Waals surface area contributed by atoms with Crippen LogP contribution >= 0.6 is 0 Å². The number of rotatable bonds is 4. The summed E-state index contributed by atoms with van der Waals surface area (Å²) >= 11 is 0. The van der Waals surface area contributed by atoms with Gasteiger partial charge in [0.05, 0.1) is 0 Å². The summed E-state index contributed by atoms with van der Waals surface area (Å²) in [6.45, 7) is 4.79. The predicted octanol–water partition coefficient (Wildman–Crippen LogP) is 0.880. The lowest BCUT2D eigenvalue weighted by Gasteiger charge is -2.17. The van der Waals surface area contributed by atoms with Gasteiger partial charge >= 0.3 is 6.03 Å². The number of ether oxygens (including phenoxy) is 1. The molecular formula is C9H16N2O2. The Morgan fingerprint density at radius 3 is 2.85 bits per heavy atom. The second-order valence-electron chi connectivity index (χ2n) is 3.59. The first kappa shape index (κ1) is 8.81. The zero-order valence-corrected chi connectivity index (χ0v) is 8.03. The summed E-state index contributed by atoms with van der Waals surface area (Å²) in [5.41, 5.74) is 0. The molecule has 1 heterocycles. The maximum absolute atomic E-state index is 11.7. The van der Waals surface area contributed by atoms with Gasteiger partial charge in [-0.15, -0.1) is 0 Å². The average molecular weight is 184 g/mol. The molecule has 2 rings (SSSR count). The number of urea groups is 1. The lowest BCUT2D eigenvalue weighted by atomic mass is 10.5. The van der Waals surface area contributed by atoms with Gasteiger partial charge in [-0.05, 0) is 19.8 Å². The third-order valence-corrected chi connectivity index (χ3v) is 2.57. The SMILES string of the molecule is CCOCN1CCN(C2CC2)C1=O. The van der Waals surface area contributed by atoms with Crippen LogP contribution < -0.4 is 0 Å². The Hall–Kier alpha value is -0.770. The molecule has 0 unspecified atom stereocenters. The number of hydrogen-bond acceptors (Lipinski definition) is 2. The van der Waals surface area contributed by atoms with E-state index in [1.807, 2.05) is 11.8 Å². The third-order valence-electron chi connectivity index (χ3n) is 2.57. The molecule has 1 saturated heterocycles. The van der Waals surface area contributed by atoms with Crippen molar-refractivity contribution < 1.29 is 9.53 Å². The molecule has 0 radical (unpaired) electrons. The molecule has 0 spiro atoms. The Balaban J connectivity index is 1.83. The van der Waals surface area contributed by atoms with Crippen molar-refractivity contribution in [2.75, 3.05) is 26.4 Å². The first-order valence-corrected chi connectivity index (χ1v) is 4.96. The van der Waals surface area contributed by atoms with Crippen molar-refractivity contribution in [2.24, 2.45) is 0 Å². The highest BCUT2D eigenvalue weighted by molar-refractivity contribution is 5.77. The highest BCUT2D eigenvalue weighted by atomic mass is 16.5. The monoisotopic (exact) mass is 184 g/mol. The zero-order valence-electron chi connectivity index (χ0n) is 8.03. The van der Waals surface area contributed by atoms with Crippen LogP contribution in [0.25, 0.3) is 0 Å². The van der Waals surface area contributed by atoms with E-state index in [2.05, 4.69) is 0 Å². The van der Waals surface area contributed by atoms with E-state index in [1.54, 1.807) is 4.90 Å². The first-order valence-electron chi connectivity index (χ1n) is 4.96. The van der Waals surface area contributed by atoms with Gasteiger partial charge in [-0.3, -0.25) is 4.90 Å². The molecule has 0 N–H and O–H groups in total. The van der Waals surface area contributed by atoms with E-state index in [9.17, 15) is 4.79 Å². The zero-order chi connectivity index (χ0) is 9.26. The van der Waals surface area contributed by atoms with Crippen molar-refractivity contribution >= 4 is 6.03 Å². The maximum Gasteiger partial charge on any atom is 0.322 e. The van der Waals surface area contributed by atoms with Crippen molar-refractivity contribution in [1.29, 1.82) is 0 Å². The van der Waals surface area contributed by atoms with Crippen LogP contribution in [0.2, 0.25) is 0 Å². The molecule has 0 bridgehead atoms. The van der Waals surface area contributed by atoms with Crippen LogP contribution in [0.5, 0.6) is 0 Å². The summed E-state index contributed by atoms with van der Waals surface area (Å²) in [4.78, 5) is 15.4. The third kappa shape index (κ3) is 1.77. The minimum atomic E-state index is 0.163. The van der Waals surface area contributed by atoms with Crippen LogP contribution in [0.15, 0.2) is 0 Å². The predicted molar refractivity (Wildman–Crippen MR) is 48.3 cm³/mol. The van der Waals surface area contributed by atoms with Crippen molar-refractivity contribution in [3.05, 3.63) is 0 Å². The Labute approximate surface area is 78.4 Å². The normalized spacial score (nSPS) is 23.0. The molecule has 2 fully saturated rings. The largest absolute Gasteiger partial charge is 0.361 e. The van der Waals surface area contributed by atoms with Crippen LogP contribution in [-0.2, 0) is 4.74 Å². The molecule has 4 heteroatoms. The number of amides is 2. The smallest absolute Gasteiger partial charge is 0.322 e. The van der Waals surface area contributed by atoms with E-state index in [0.29, 0.717) is 19.4 Å². The molecule has 2 aliphatic rings. The number of nitrogens with zero attached hydrogens (tertiary/aromatic N) is 2. The van der Waals surface area contributed by atoms with E-state index in [1.165, 1.54) is 12.8 Å². The molecule has 1 aliphatic heterocycles. The average Bonchev–Trinajstić information content (AvgIpc) is 2.89. The molecule has 2 amide bonds. The summed E-state index contributed by atoms with van der Waals surface area (Å²) in [5, 5.41) is 0. The molecule has 1 aliphatic carbocycles. The Bertz CT molecular complexity index is 204. The summed E-state index contributed by atoms with van der Waals surface area (Å²) in [6, 6.07) is 0.704. The molecule has 0 aromatic carbocycles. The topological polar surface area (TPSA) is 32.8 Å². The molecule has 0 aromatic rings. The van der Waals surface area contributed by atoms with Gasteiger partial charge in [-0.25, -0.2) is 4.79 Å². The minimum Gasteiger partial charge on any atom is -0.361 e. The van der Waals surface area contributed by atoms with E-state index in [0.717, 1.165) is 13.1 Å². The first-order chi connectivity index (χ1) is 6.33. The lowest BCUT2D eigenvalue weighted by Crippen LogP contribution is -2.34. The summed E-state index contributed by atoms with van der Waals surface area (Å²) < 4.78 is 5.21. The van der Waals surface area contributed by atoms with Crippen LogP contribution in [-0.4, -0.2) is 48.3 Å². The highest BCUT2D eigenvalue weighted by Gasteiger charge is 2.38. The van der Waals surface area contributed by atoms with Gasteiger partial charge in [0.2, 0.25) is 0 Å². The molecule has 74 valence electrons. The number of hydrogen-bond donors (Lipinski definition) is 0. The highest BCUT2D eigenvalue weighted by Crippen LogP contribution is 2.29. The lowest BCUT2D eigenvalue weighted by molar-refractivity contribution is 0.0634. The molecular weight excluding hydrogens is 168 g/mol. The molecule has 0 aromatic heterocycles. The van der Waals surface area contributed by atoms with Crippen LogP contribution in [0, 0.1) is 0 Å². The summed E-state index contributed by atoms with van der Waals surface area (Å²) in [5.74, 6) is 0. The molecule has 4 nitrogen and oxygen atoms in total. The Morgan fingerprint density at radius 1 is 1.46 bits per heavy atom. The number of carbonyl (C=O) groups is 1. The maximum atomic E-state index is 11.7. The van der Waals surface area contributed by atoms with Gasteiger partial charge in [0.25, 0.3) is 0 Å². The Kier molecular flexibility index (Phi) is 2.40. The van der Waals surface area contributed by atoms with Gasteiger partial charge < -0.3 is 9.64 Å². The fourth-order valence-electron chi connectivity index (χ4n) is 1.65. The number of carbonyl (C=O) groups excluding carboxylic acids is 1. The quantitative estimate of drug-likeness (QED) is 0.649. The summed E-state index contributed by atoms with van der Waals surface area (Å²) in [7, 11) is 0. The molecule has 1 saturated carbocycles. The standard InChI is InChI=1S/C9H16N2O2/c1-2-13-7-10-5-6-11(9(10)12)8-3-4-8/h8H,2-7H2,1H3. The second-order valence-corrected chi connectivity index (χ2v) is 3.59. The van der Waals surface area contributed by atoms with E-state index < -0.39 is 0 Å². The van der Waals surface area contributed by atoms with Crippen molar-refractivity contribution in [1.82, 2.24) is 9.80 Å². The fraction of sp³-hybridized carbons (Fsp3) is 0.889. The van der Waals surface area contributed by atoms with E-state index in [-0.39, 0.29) is 6.03 Å². The van der Waals surface area contributed by atoms with Crippen molar-refractivity contribution in [2.45, 2.75) is 25.8 Å². The van der Waals surface area contributed by atoms with E-state index >= 15 is 0 Å². The van der Waals surface area contributed by atoms with Gasteiger partial charge in [0.1, 0.15) is 6.73 Å². The van der Waals surface area contributed by atoms with Crippen LogP contribution in [0.1, 0.15) is 19.8 Å².